The van der Waals surface area contributed by atoms with E-state index in [4.69, 9.17) is 4.74 Å². The zero-order valence-electron chi connectivity index (χ0n) is 12.1. The standard InChI is InChI=1S/C16H21NO3/c1-3-20-15(18)10-11-17(14-8-9-14)16(19)13-6-4-12(2)5-7-13/h4-7,14H,3,8-11H2,1-2H3. The molecule has 1 fully saturated rings. The number of carbonyl (C=O) groups excluding carboxylic acids is 2. The third-order valence-electron chi connectivity index (χ3n) is 3.41. The predicted octanol–water partition coefficient (Wildman–Crippen LogP) is 2.55. The van der Waals surface area contributed by atoms with Gasteiger partial charge in [0.05, 0.1) is 13.0 Å². The van der Waals surface area contributed by atoms with Gasteiger partial charge in [-0.2, -0.15) is 0 Å². The van der Waals surface area contributed by atoms with Crippen molar-refractivity contribution >= 4 is 11.9 Å². The number of hydrogen-bond donors (Lipinski definition) is 0. The summed E-state index contributed by atoms with van der Waals surface area (Å²) in [4.78, 5) is 25.7. The van der Waals surface area contributed by atoms with Crippen molar-refractivity contribution in [3.8, 4) is 0 Å². The topological polar surface area (TPSA) is 46.6 Å². The van der Waals surface area contributed by atoms with Crippen LogP contribution in [0.1, 0.15) is 42.1 Å². The summed E-state index contributed by atoms with van der Waals surface area (Å²) in [5.74, 6) is -0.230. The first-order valence-corrected chi connectivity index (χ1v) is 7.15. The van der Waals surface area contributed by atoms with Crippen molar-refractivity contribution in [3.05, 3.63) is 35.4 Å². The fourth-order valence-electron chi connectivity index (χ4n) is 2.14. The van der Waals surface area contributed by atoms with Crippen LogP contribution >= 0.6 is 0 Å². The van der Waals surface area contributed by atoms with Crippen LogP contribution in [0.25, 0.3) is 0 Å². The molecule has 0 radical (unpaired) electrons. The summed E-state index contributed by atoms with van der Waals surface area (Å²) < 4.78 is 4.92. The molecule has 2 rings (SSSR count). The number of carbonyl (C=O) groups is 2. The summed E-state index contributed by atoms with van der Waals surface area (Å²) in [6.07, 6.45) is 2.32. The Morgan fingerprint density at radius 2 is 1.90 bits per heavy atom. The van der Waals surface area contributed by atoms with Crippen LogP contribution < -0.4 is 0 Å². The molecule has 1 amide bonds. The van der Waals surface area contributed by atoms with Gasteiger partial charge in [0.25, 0.3) is 5.91 Å². The zero-order valence-corrected chi connectivity index (χ0v) is 12.1. The van der Waals surface area contributed by atoms with Crippen LogP contribution in [0.3, 0.4) is 0 Å². The van der Waals surface area contributed by atoms with Gasteiger partial charge in [0, 0.05) is 18.2 Å². The van der Waals surface area contributed by atoms with Crippen LogP contribution in [0.15, 0.2) is 24.3 Å². The van der Waals surface area contributed by atoms with E-state index < -0.39 is 0 Å². The molecule has 20 heavy (non-hydrogen) atoms. The monoisotopic (exact) mass is 275 g/mol. The average molecular weight is 275 g/mol. The van der Waals surface area contributed by atoms with Gasteiger partial charge in [-0.1, -0.05) is 17.7 Å². The number of esters is 1. The molecule has 108 valence electrons. The molecule has 0 aliphatic heterocycles. The SMILES string of the molecule is CCOC(=O)CCN(C(=O)c1ccc(C)cc1)C1CC1. The van der Waals surface area contributed by atoms with Gasteiger partial charge in [-0.3, -0.25) is 9.59 Å². The number of rotatable bonds is 6. The molecule has 0 heterocycles. The number of aryl methyl sites for hydroxylation is 1. The van der Waals surface area contributed by atoms with Gasteiger partial charge in [-0.25, -0.2) is 0 Å². The number of ether oxygens (including phenoxy) is 1. The van der Waals surface area contributed by atoms with Gasteiger partial charge < -0.3 is 9.64 Å². The van der Waals surface area contributed by atoms with Crippen molar-refractivity contribution in [1.82, 2.24) is 4.90 Å². The van der Waals surface area contributed by atoms with Crippen molar-refractivity contribution in [1.29, 1.82) is 0 Å². The Hall–Kier alpha value is -1.84. The normalized spacial score (nSPS) is 13.9. The van der Waals surface area contributed by atoms with E-state index in [1.807, 2.05) is 36.1 Å². The predicted molar refractivity (Wildman–Crippen MR) is 76.5 cm³/mol. The Balaban J connectivity index is 1.99. The lowest BCUT2D eigenvalue weighted by Gasteiger charge is -2.22. The largest absolute Gasteiger partial charge is 0.466 e. The summed E-state index contributed by atoms with van der Waals surface area (Å²) in [6, 6.07) is 7.85. The fraction of sp³-hybridized carbons (Fsp3) is 0.500. The molecular formula is C16H21NO3. The lowest BCUT2D eigenvalue weighted by Crippen LogP contribution is -2.35. The molecule has 0 spiro atoms. The van der Waals surface area contributed by atoms with E-state index in [-0.39, 0.29) is 18.3 Å². The quantitative estimate of drug-likeness (QED) is 0.750. The first-order chi connectivity index (χ1) is 9.61. The highest BCUT2D eigenvalue weighted by atomic mass is 16.5. The Morgan fingerprint density at radius 1 is 1.25 bits per heavy atom. The van der Waals surface area contributed by atoms with Crippen LogP contribution in [-0.4, -0.2) is 36.0 Å². The van der Waals surface area contributed by atoms with Crippen molar-refractivity contribution in [2.24, 2.45) is 0 Å². The van der Waals surface area contributed by atoms with Gasteiger partial charge >= 0.3 is 5.97 Å². The first-order valence-electron chi connectivity index (χ1n) is 7.15. The van der Waals surface area contributed by atoms with Gasteiger partial charge in [0.2, 0.25) is 0 Å². The number of nitrogens with zero attached hydrogens (tertiary/aromatic N) is 1. The summed E-state index contributed by atoms with van der Waals surface area (Å²) >= 11 is 0. The highest BCUT2D eigenvalue weighted by Crippen LogP contribution is 2.28. The second-order valence-corrected chi connectivity index (χ2v) is 5.15. The molecule has 0 unspecified atom stereocenters. The lowest BCUT2D eigenvalue weighted by atomic mass is 10.1. The van der Waals surface area contributed by atoms with Crippen molar-refractivity contribution < 1.29 is 14.3 Å². The van der Waals surface area contributed by atoms with Crippen LogP contribution in [0.2, 0.25) is 0 Å². The Bertz CT molecular complexity index is 477. The van der Waals surface area contributed by atoms with E-state index in [2.05, 4.69) is 0 Å². The number of benzene rings is 1. The van der Waals surface area contributed by atoms with Gasteiger partial charge in [0.15, 0.2) is 0 Å². The van der Waals surface area contributed by atoms with Crippen LogP contribution in [0.4, 0.5) is 0 Å². The maximum atomic E-state index is 12.5. The maximum Gasteiger partial charge on any atom is 0.307 e. The second kappa shape index (κ2) is 6.55. The van der Waals surface area contributed by atoms with E-state index in [1.54, 1.807) is 6.92 Å². The minimum atomic E-state index is -0.241. The molecule has 1 aromatic rings. The van der Waals surface area contributed by atoms with E-state index in [0.717, 1.165) is 18.4 Å². The maximum absolute atomic E-state index is 12.5. The number of hydrogen-bond acceptors (Lipinski definition) is 3. The number of amides is 1. The molecule has 1 aliphatic carbocycles. The van der Waals surface area contributed by atoms with E-state index in [1.165, 1.54) is 0 Å². The van der Waals surface area contributed by atoms with Crippen molar-refractivity contribution in [2.45, 2.75) is 39.2 Å². The molecule has 0 saturated heterocycles. The molecule has 0 N–H and O–H groups in total. The highest BCUT2D eigenvalue weighted by Gasteiger charge is 2.33. The molecule has 4 heteroatoms. The second-order valence-electron chi connectivity index (χ2n) is 5.15. The summed E-state index contributed by atoms with van der Waals surface area (Å²) in [5, 5.41) is 0. The molecule has 0 aromatic heterocycles. The summed E-state index contributed by atoms with van der Waals surface area (Å²) in [7, 11) is 0. The van der Waals surface area contributed by atoms with Gasteiger partial charge in [-0.05, 0) is 38.8 Å². The average Bonchev–Trinajstić information content (AvgIpc) is 3.24. The highest BCUT2D eigenvalue weighted by molar-refractivity contribution is 5.94. The van der Waals surface area contributed by atoms with Crippen molar-refractivity contribution in [3.63, 3.8) is 0 Å². The lowest BCUT2D eigenvalue weighted by molar-refractivity contribution is -0.143. The molecular weight excluding hydrogens is 254 g/mol. The van der Waals surface area contributed by atoms with Gasteiger partial charge in [-0.15, -0.1) is 0 Å². The van der Waals surface area contributed by atoms with E-state index in [9.17, 15) is 9.59 Å². The Labute approximate surface area is 119 Å². The van der Waals surface area contributed by atoms with E-state index in [0.29, 0.717) is 24.8 Å². The Kier molecular flexibility index (Phi) is 4.77. The van der Waals surface area contributed by atoms with Gasteiger partial charge in [0.1, 0.15) is 0 Å². The molecule has 0 atom stereocenters. The summed E-state index contributed by atoms with van der Waals surface area (Å²) in [6.45, 7) is 4.60. The van der Waals surface area contributed by atoms with E-state index >= 15 is 0 Å². The van der Waals surface area contributed by atoms with Crippen LogP contribution in [0.5, 0.6) is 0 Å². The third-order valence-corrected chi connectivity index (χ3v) is 3.41. The Morgan fingerprint density at radius 3 is 2.45 bits per heavy atom. The molecule has 0 bridgehead atoms. The van der Waals surface area contributed by atoms with Crippen molar-refractivity contribution in [2.75, 3.05) is 13.2 Å². The third kappa shape index (κ3) is 3.83. The first kappa shape index (κ1) is 14.6. The smallest absolute Gasteiger partial charge is 0.307 e. The van der Waals surface area contributed by atoms with Crippen LogP contribution in [0, 0.1) is 6.92 Å². The minimum Gasteiger partial charge on any atom is -0.466 e. The minimum absolute atomic E-state index is 0.0109. The molecule has 1 aromatic carbocycles. The zero-order chi connectivity index (χ0) is 14.5. The molecule has 1 aliphatic rings. The molecule has 1 saturated carbocycles. The summed E-state index contributed by atoms with van der Waals surface area (Å²) in [5.41, 5.74) is 1.82. The van der Waals surface area contributed by atoms with Crippen LogP contribution in [-0.2, 0) is 9.53 Å². The fourth-order valence-corrected chi connectivity index (χ4v) is 2.14. The molecule has 4 nitrogen and oxygen atoms in total.